The van der Waals surface area contributed by atoms with Gasteiger partial charge in [0.2, 0.25) is 0 Å². The fourth-order valence-electron chi connectivity index (χ4n) is 11.2. The second-order valence-electron chi connectivity index (χ2n) is 15.2. The molecule has 2 heterocycles. The van der Waals surface area contributed by atoms with Gasteiger partial charge in [-0.05, 0) is 101 Å². The molecular formula is C46H33N3O. The Labute approximate surface area is 289 Å². The van der Waals surface area contributed by atoms with Gasteiger partial charge in [-0.1, -0.05) is 109 Å². The SMILES string of the molecule is c1ccc(-c2nc(-c3ccc4ccccc4c3)nc(-c3cc4c(c5c3oc3ccccc35)C3(c5ccccc5-4)C4CC5CC(C4)C3C5)n2)cc1. The summed E-state index contributed by atoms with van der Waals surface area (Å²) >= 11 is 0. The lowest BCUT2D eigenvalue weighted by Gasteiger charge is -2.44. The summed E-state index contributed by atoms with van der Waals surface area (Å²) in [5, 5.41) is 4.80. The van der Waals surface area contributed by atoms with Crippen LogP contribution in [0.25, 0.3) is 78.0 Å². The number of hydrogen-bond donors (Lipinski definition) is 0. The van der Waals surface area contributed by atoms with Crippen molar-refractivity contribution >= 4 is 32.7 Å². The van der Waals surface area contributed by atoms with Crippen LogP contribution in [0.3, 0.4) is 0 Å². The minimum atomic E-state index is 0.0254. The van der Waals surface area contributed by atoms with Crippen molar-refractivity contribution in [1.29, 1.82) is 0 Å². The monoisotopic (exact) mass is 643 g/mol. The lowest BCUT2D eigenvalue weighted by Crippen LogP contribution is -2.40. The highest BCUT2D eigenvalue weighted by Gasteiger charge is 2.66. The molecule has 5 aliphatic rings. The van der Waals surface area contributed by atoms with Crippen LogP contribution in [0.5, 0.6) is 0 Å². The number of rotatable bonds is 3. The van der Waals surface area contributed by atoms with Crippen LogP contribution in [0.1, 0.15) is 36.8 Å². The summed E-state index contributed by atoms with van der Waals surface area (Å²) in [6, 6.07) is 45.5. The smallest absolute Gasteiger partial charge is 0.167 e. The van der Waals surface area contributed by atoms with Gasteiger partial charge < -0.3 is 4.42 Å². The Balaban J connectivity index is 1.18. The molecular weight excluding hydrogens is 611 g/mol. The molecule has 2 aromatic heterocycles. The summed E-state index contributed by atoms with van der Waals surface area (Å²) in [7, 11) is 0. The van der Waals surface area contributed by atoms with Crippen LogP contribution in [0.15, 0.2) is 132 Å². The normalized spacial score (nSPS) is 24.2. The summed E-state index contributed by atoms with van der Waals surface area (Å²) in [5.74, 6) is 5.00. The van der Waals surface area contributed by atoms with E-state index in [9.17, 15) is 0 Å². The highest BCUT2D eigenvalue weighted by Crippen LogP contribution is 2.74. The van der Waals surface area contributed by atoms with Gasteiger partial charge in [0.1, 0.15) is 11.2 Å². The third-order valence-electron chi connectivity index (χ3n) is 12.9. The molecule has 0 saturated heterocycles. The molecule has 0 aliphatic heterocycles. The van der Waals surface area contributed by atoms with Crippen LogP contribution in [-0.2, 0) is 5.41 Å². The maximum atomic E-state index is 6.97. The Bertz CT molecular complexity index is 2710. The van der Waals surface area contributed by atoms with Crippen molar-refractivity contribution in [3.05, 3.63) is 139 Å². The summed E-state index contributed by atoms with van der Waals surface area (Å²) < 4.78 is 6.97. The first-order valence-corrected chi connectivity index (χ1v) is 18.1. The van der Waals surface area contributed by atoms with Crippen molar-refractivity contribution in [2.24, 2.45) is 23.7 Å². The van der Waals surface area contributed by atoms with Gasteiger partial charge in [0.05, 0.1) is 5.56 Å². The topological polar surface area (TPSA) is 51.8 Å². The van der Waals surface area contributed by atoms with Gasteiger partial charge in [0.25, 0.3) is 0 Å². The Morgan fingerprint density at radius 1 is 0.560 bits per heavy atom. The van der Waals surface area contributed by atoms with E-state index in [0.717, 1.165) is 45.1 Å². The second kappa shape index (κ2) is 9.76. The van der Waals surface area contributed by atoms with E-state index >= 15 is 0 Å². The van der Waals surface area contributed by atoms with Crippen molar-refractivity contribution < 1.29 is 4.42 Å². The quantitative estimate of drug-likeness (QED) is 0.192. The molecule has 5 unspecified atom stereocenters. The van der Waals surface area contributed by atoms with E-state index in [1.165, 1.54) is 64.1 Å². The van der Waals surface area contributed by atoms with Crippen LogP contribution < -0.4 is 0 Å². The molecule has 4 heteroatoms. The largest absolute Gasteiger partial charge is 0.455 e. The molecule has 8 aromatic rings. The lowest BCUT2D eigenvalue weighted by molar-refractivity contribution is 0.192. The predicted octanol–water partition coefficient (Wildman–Crippen LogP) is 11.3. The molecule has 4 bridgehead atoms. The number of aromatic nitrogens is 3. The molecule has 0 amide bonds. The van der Waals surface area contributed by atoms with E-state index in [2.05, 4.69) is 109 Å². The van der Waals surface area contributed by atoms with E-state index in [-0.39, 0.29) is 5.41 Å². The van der Waals surface area contributed by atoms with E-state index in [4.69, 9.17) is 19.4 Å². The standard InChI is InChI=1S/C46H33N3O/c1-2-11-28(12-3-1)43-47-44(30-19-18-27-10-4-5-13-29(27)23-30)49-45(48-43)36-25-35-33-14-6-8-16-37(33)46(32-21-26-20-31(24-32)38(46)22-26)41(35)40-34-15-7-9-17-39(34)50-42(36)40/h1-19,23,25-26,31-32,38H,20-22,24H2. The third kappa shape index (κ3) is 3.48. The summed E-state index contributed by atoms with van der Waals surface area (Å²) in [6.07, 6.45) is 5.43. The van der Waals surface area contributed by atoms with Gasteiger partial charge >= 0.3 is 0 Å². The van der Waals surface area contributed by atoms with Crippen molar-refractivity contribution in [2.75, 3.05) is 0 Å². The van der Waals surface area contributed by atoms with Crippen LogP contribution >= 0.6 is 0 Å². The van der Waals surface area contributed by atoms with Crippen LogP contribution in [0, 0.1) is 23.7 Å². The Hall–Kier alpha value is -5.61. The first-order valence-electron chi connectivity index (χ1n) is 18.1. The van der Waals surface area contributed by atoms with Gasteiger partial charge in [-0.15, -0.1) is 0 Å². The number of benzene rings is 6. The average molecular weight is 644 g/mol. The zero-order valence-electron chi connectivity index (χ0n) is 27.5. The molecule has 0 N–H and O–H groups in total. The average Bonchev–Trinajstić information content (AvgIpc) is 3.86. The zero-order chi connectivity index (χ0) is 32.6. The number of nitrogens with zero attached hydrogens (tertiary/aromatic N) is 3. The van der Waals surface area contributed by atoms with Gasteiger partial charge in [-0.25, -0.2) is 15.0 Å². The van der Waals surface area contributed by atoms with E-state index < -0.39 is 0 Å². The van der Waals surface area contributed by atoms with Crippen molar-refractivity contribution in [1.82, 2.24) is 15.0 Å². The molecule has 4 saturated carbocycles. The molecule has 6 aromatic carbocycles. The first kappa shape index (κ1) is 27.2. The van der Waals surface area contributed by atoms with Crippen LogP contribution in [-0.4, -0.2) is 15.0 Å². The van der Waals surface area contributed by atoms with Gasteiger partial charge in [-0.2, -0.15) is 0 Å². The Morgan fingerprint density at radius 2 is 1.32 bits per heavy atom. The third-order valence-corrected chi connectivity index (χ3v) is 12.9. The molecule has 1 spiro atoms. The summed E-state index contributed by atoms with van der Waals surface area (Å²) in [5.41, 5.74) is 10.4. The molecule has 5 aliphatic carbocycles. The number of furan rings is 1. The minimum absolute atomic E-state index is 0.0254. The van der Waals surface area contributed by atoms with Crippen molar-refractivity contribution in [3.8, 4) is 45.3 Å². The lowest BCUT2D eigenvalue weighted by atomic mass is 9.59. The highest BCUT2D eigenvalue weighted by molar-refractivity contribution is 6.15. The minimum Gasteiger partial charge on any atom is -0.455 e. The molecule has 5 atom stereocenters. The zero-order valence-corrected chi connectivity index (χ0v) is 27.5. The molecule has 13 rings (SSSR count). The molecule has 4 nitrogen and oxygen atoms in total. The van der Waals surface area contributed by atoms with Gasteiger partial charge in [0.15, 0.2) is 17.5 Å². The van der Waals surface area contributed by atoms with Gasteiger partial charge in [0, 0.05) is 27.3 Å². The highest BCUT2D eigenvalue weighted by atomic mass is 16.3. The Morgan fingerprint density at radius 3 is 2.22 bits per heavy atom. The molecule has 50 heavy (non-hydrogen) atoms. The number of fused-ring (bicyclic) bond motifs is 8. The summed E-state index contributed by atoms with van der Waals surface area (Å²) in [6.45, 7) is 0. The Kier molecular flexibility index (Phi) is 5.32. The van der Waals surface area contributed by atoms with E-state index in [1.54, 1.807) is 0 Å². The predicted molar refractivity (Wildman–Crippen MR) is 200 cm³/mol. The number of para-hydroxylation sites is 1. The summed E-state index contributed by atoms with van der Waals surface area (Å²) in [4.78, 5) is 15.6. The van der Waals surface area contributed by atoms with E-state index in [1.807, 2.05) is 18.2 Å². The fourth-order valence-corrected chi connectivity index (χ4v) is 11.2. The van der Waals surface area contributed by atoms with Crippen LogP contribution in [0.2, 0.25) is 0 Å². The molecule has 238 valence electrons. The molecule has 0 radical (unpaired) electrons. The van der Waals surface area contributed by atoms with Crippen LogP contribution in [0.4, 0.5) is 0 Å². The fraction of sp³-hybridized carbons (Fsp3) is 0.196. The number of hydrogen-bond acceptors (Lipinski definition) is 4. The second-order valence-corrected chi connectivity index (χ2v) is 15.2. The van der Waals surface area contributed by atoms with Crippen molar-refractivity contribution in [3.63, 3.8) is 0 Å². The van der Waals surface area contributed by atoms with Crippen molar-refractivity contribution in [2.45, 2.75) is 31.1 Å². The van der Waals surface area contributed by atoms with Gasteiger partial charge in [-0.3, -0.25) is 0 Å². The first-order chi connectivity index (χ1) is 24.7. The maximum absolute atomic E-state index is 6.97. The maximum Gasteiger partial charge on any atom is 0.167 e. The van der Waals surface area contributed by atoms with E-state index in [0.29, 0.717) is 29.3 Å². The molecule has 4 fully saturated rings.